The van der Waals surface area contributed by atoms with E-state index in [9.17, 15) is 0 Å². The van der Waals surface area contributed by atoms with Gasteiger partial charge in [-0.2, -0.15) is 5.10 Å². The van der Waals surface area contributed by atoms with Crippen LogP contribution in [0.5, 0.6) is 0 Å². The number of fused-ring (bicyclic) bond motifs is 1. The number of benzene rings is 1. The molecule has 0 atom stereocenters. The first-order valence-electron chi connectivity index (χ1n) is 6.38. The number of hydrogen-bond donors (Lipinski definition) is 1. The fourth-order valence-corrected chi connectivity index (χ4v) is 2.52. The average Bonchev–Trinajstić information content (AvgIpc) is 2.89. The first-order chi connectivity index (χ1) is 9.11. The number of rotatable bonds is 2. The Morgan fingerprint density at radius 1 is 1.32 bits per heavy atom. The van der Waals surface area contributed by atoms with Crippen molar-refractivity contribution in [3.63, 3.8) is 0 Å². The van der Waals surface area contributed by atoms with Gasteiger partial charge in [-0.1, -0.05) is 19.1 Å². The number of nitrogens with zero attached hydrogens (tertiary/aromatic N) is 4. The van der Waals surface area contributed by atoms with Crippen molar-refractivity contribution in [3.05, 3.63) is 35.7 Å². The minimum Gasteiger partial charge on any atom is -0.369 e. The van der Waals surface area contributed by atoms with Crippen LogP contribution in [0.25, 0.3) is 16.7 Å². The van der Waals surface area contributed by atoms with Crippen molar-refractivity contribution in [1.29, 1.82) is 0 Å². The summed E-state index contributed by atoms with van der Waals surface area (Å²) in [6, 6.07) is 6.05. The SMILES string of the molecule is CCc1nn(C)cc1-n1c(N)nc2cccc(C)c21. The Labute approximate surface area is 111 Å². The second-order valence-corrected chi connectivity index (χ2v) is 4.74. The Morgan fingerprint density at radius 2 is 2.11 bits per heavy atom. The number of nitrogens with two attached hydrogens (primary N) is 1. The number of imidazole rings is 1. The van der Waals surface area contributed by atoms with Crippen molar-refractivity contribution in [2.75, 3.05) is 5.73 Å². The van der Waals surface area contributed by atoms with Gasteiger partial charge in [0, 0.05) is 13.2 Å². The van der Waals surface area contributed by atoms with Gasteiger partial charge in [0.2, 0.25) is 5.95 Å². The molecule has 0 saturated carbocycles. The van der Waals surface area contributed by atoms with E-state index in [0.717, 1.165) is 34.4 Å². The van der Waals surface area contributed by atoms with Gasteiger partial charge in [0.1, 0.15) is 0 Å². The third kappa shape index (κ3) is 1.69. The van der Waals surface area contributed by atoms with Crippen LogP contribution in [-0.4, -0.2) is 19.3 Å². The molecule has 0 bridgehead atoms. The standard InChI is InChI=1S/C14H17N5/c1-4-10-12(8-18(3)17-10)19-13-9(2)6-5-7-11(13)16-14(19)15/h5-8H,4H2,1-3H3,(H2,15,16). The van der Waals surface area contributed by atoms with E-state index in [1.165, 1.54) is 0 Å². The van der Waals surface area contributed by atoms with Gasteiger partial charge >= 0.3 is 0 Å². The molecule has 0 aliphatic rings. The number of anilines is 1. The first-order valence-corrected chi connectivity index (χ1v) is 6.38. The number of nitrogen functional groups attached to an aromatic ring is 1. The minimum absolute atomic E-state index is 0.506. The fourth-order valence-electron chi connectivity index (χ4n) is 2.52. The Bertz CT molecular complexity index is 751. The van der Waals surface area contributed by atoms with Crippen LogP contribution in [0.4, 0.5) is 5.95 Å². The molecule has 1 aromatic carbocycles. The van der Waals surface area contributed by atoms with Crippen LogP contribution in [0, 0.1) is 6.92 Å². The van der Waals surface area contributed by atoms with Crippen molar-refractivity contribution in [3.8, 4) is 5.69 Å². The Morgan fingerprint density at radius 3 is 2.84 bits per heavy atom. The summed E-state index contributed by atoms with van der Waals surface area (Å²) in [5, 5.41) is 4.48. The molecule has 0 aliphatic carbocycles. The molecule has 2 heterocycles. The lowest BCUT2D eigenvalue weighted by molar-refractivity contribution is 0.746. The number of aromatic nitrogens is 4. The highest BCUT2D eigenvalue weighted by Gasteiger charge is 2.16. The topological polar surface area (TPSA) is 61.7 Å². The molecule has 0 spiro atoms. The lowest BCUT2D eigenvalue weighted by Crippen LogP contribution is -2.02. The highest BCUT2D eigenvalue weighted by Crippen LogP contribution is 2.27. The molecule has 2 aromatic heterocycles. The monoisotopic (exact) mass is 255 g/mol. The quantitative estimate of drug-likeness (QED) is 0.763. The van der Waals surface area contributed by atoms with Crippen molar-refractivity contribution < 1.29 is 0 Å². The van der Waals surface area contributed by atoms with E-state index >= 15 is 0 Å². The molecular formula is C14H17N5. The van der Waals surface area contributed by atoms with Gasteiger partial charge in [-0.3, -0.25) is 9.25 Å². The normalized spacial score (nSPS) is 11.3. The van der Waals surface area contributed by atoms with Crippen molar-refractivity contribution in [2.24, 2.45) is 7.05 Å². The van der Waals surface area contributed by atoms with Crippen LogP contribution >= 0.6 is 0 Å². The molecule has 0 amide bonds. The van der Waals surface area contributed by atoms with Gasteiger partial charge in [-0.25, -0.2) is 4.98 Å². The summed E-state index contributed by atoms with van der Waals surface area (Å²) in [7, 11) is 1.92. The van der Waals surface area contributed by atoms with Gasteiger partial charge in [0.15, 0.2) is 0 Å². The Hall–Kier alpha value is -2.30. The van der Waals surface area contributed by atoms with Gasteiger partial charge < -0.3 is 5.73 Å². The number of hydrogen-bond acceptors (Lipinski definition) is 3. The molecule has 0 aliphatic heterocycles. The summed E-state index contributed by atoms with van der Waals surface area (Å²) in [5.74, 6) is 0.506. The molecule has 5 nitrogen and oxygen atoms in total. The maximum Gasteiger partial charge on any atom is 0.206 e. The van der Waals surface area contributed by atoms with Crippen LogP contribution in [-0.2, 0) is 13.5 Å². The van der Waals surface area contributed by atoms with E-state index in [1.54, 1.807) is 0 Å². The smallest absolute Gasteiger partial charge is 0.206 e. The zero-order valence-corrected chi connectivity index (χ0v) is 11.4. The highest BCUT2D eigenvalue weighted by atomic mass is 15.3. The first kappa shape index (κ1) is 11.8. The van der Waals surface area contributed by atoms with Crippen LogP contribution in [0.1, 0.15) is 18.2 Å². The van der Waals surface area contributed by atoms with E-state index in [1.807, 2.05) is 34.6 Å². The predicted octanol–water partition coefficient (Wildman–Crippen LogP) is 2.21. The van der Waals surface area contributed by atoms with E-state index < -0.39 is 0 Å². The Balaban J connectivity index is 2.38. The molecule has 98 valence electrons. The summed E-state index contributed by atoms with van der Waals surface area (Å²) in [4.78, 5) is 4.44. The maximum atomic E-state index is 6.10. The Kier molecular flexibility index (Phi) is 2.55. The maximum absolute atomic E-state index is 6.10. The van der Waals surface area contributed by atoms with Crippen LogP contribution < -0.4 is 5.73 Å². The van der Waals surface area contributed by atoms with E-state index in [4.69, 9.17) is 5.73 Å². The second-order valence-electron chi connectivity index (χ2n) is 4.74. The third-order valence-corrected chi connectivity index (χ3v) is 3.36. The molecular weight excluding hydrogens is 238 g/mol. The van der Waals surface area contributed by atoms with Gasteiger partial charge in [-0.05, 0) is 25.0 Å². The van der Waals surface area contributed by atoms with Crippen LogP contribution in [0.3, 0.4) is 0 Å². The average molecular weight is 255 g/mol. The van der Waals surface area contributed by atoms with Crippen LogP contribution in [0.15, 0.2) is 24.4 Å². The van der Waals surface area contributed by atoms with Crippen molar-refractivity contribution >= 4 is 17.0 Å². The molecule has 5 heteroatoms. The molecule has 3 rings (SSSR count). The highest BCUT2D eigenvalue weighted by molar-refractivity contribution is 5.84. The fraction of sp³-hybridized carbons (Fsp3) is 0.286. The van der Waals surface area contributed by atoms with Crippen molar-refractivity contribution in [2.45, 2.75) is 20.3 Å². The zero-order valence-electron chi connectivity index (χ0n) is 11.4. The molecule has 2 N–H and O–H groups in total. The summed E-state index contributed by atoms with van der Waals surface area (Å²) in [5.41, 5.74) is 11.3. The van der Waals surface area contributed by atoms with E-state index in [0.29, 0.717) is 5.95 Å². The second kappa shape index (κ2) is 4.12. The van der Waals surface area contributed by atoms with Crippen LogP contribution in [0.2, 0.25) is 0 Å². The largest absolute Gasteiger partial charge is 0.369 e. The van der Waals surface area contributed by atoms with E-state index in [-0.39, 0.29) is 0 Å². The van der Waals surface area contributed by atoms with Crippen molar-refractivity contribution in [1.82, 2.24) is 19.3 Å². The molecule has 0 unspecified atom stereocenters. The van der Waals surface area contributed by atoms with Gasteiger partial charge in [0.25, 0.3) is 0 Å². The summed E-state index contributed by atoms with van der Waals surface area (Å²) >= 11 is 0. The molecule has 0 radical (unpaired) electrons. The summed E-state index contributed by atoms with van der Waals surface area (Å²) in [6.07, 6.45) is 2.85. The zero-order chi connectivity index (χ0) is 13.6. The predicted molar refractivity (Wildman–Crippen MR) is 76.4 cm³/mol. The molecule has 0 fully saturated rings. The van der Waals surface area contributed by atoms with E-state index in [2.05, 4.69) is 30.0 Å². The summed E-state index contributed by atoms with van der Waals surface area (Å²) < 4.78 is 3.81. The number of aryl methyl sites for hydroxylation is 3. The molecule has 0 saturated heterocycles. The number of para-hydroxylation sites is 1. The minimum atomic E-state index is 0.506. The third-order valence-electron chi connectivity index (χ3n) is 3.36. The lowest BCUT2D eigenvalue weighted by Gasteiger charge is -2.07. The van der Waals surface area contributed by atoms with Gasteiger partial charge in [-0.15, -0.1) is 0 Å². The molecule has 19 heavy (non-hydrogen) atoms. The lowest BCUT2D eigenvalue weighted by atomic mass is 10.2. The van der Waals surface area contributed by atoms with Gasteiger partial charge in [0.05, 0.1) is 22.4 Å². The molecule has 3 aromatic rings. The summed E-state index contributed by atoms with van der Waals surface area (Å²) in [6.45, 7) is 4.16.